The molecule has 1 saturated heterocycles. The lowest BCUT2D eigenvalue weighted by Gasteiger charge is -2.37. The van der Waals surface area contributed by atoms with Crippen LogP contribution in [-0.2, 0) is 10.2 Å². The zero-order valence-electron chi connectivity index (χ0n) is 16.0. The molecular formula is C20H34ClNO2. The number of rotatable bonds is 4. The molecule has 0 aromatic heterocycles. The second kappa shape index (κ2) is 8.66. The Balaban J connectivity index is 0.00000288. The first kappa shape index (κ1) is 21.4. The lowest BCUT2D eigenvalue weighted by Crippen LogP contribution is -2.47. The molecule has 0 saturated carbocycles. The van der Waals surface area contributed by atoms with Crippen LogP contribution >= 0.6 is 12.4 Å². The fourth-order valence-electron chi connectivity index (χ4n) is 3.45. The first-order chi connectivity index (χ1) is 10.7. The molecule has 24 heavy (non-hydrogen) atoms. The summed E-state index contributed by atoms with van der Waals surface area (Å²) in [6, 6.07) is 8.44. The lowest BCUT2D eigenvalue weighted by atomic mass is 9.85. The van der Waals surface area contributed by atoms with Crippen LogP contribution in [0, 0.1) is 5.92 Å². The minimum Gasteiger partial charge on any atom is -0.388 e. The molecule has 0 spiro atoms. The molecule has 1 aliphatic rings. The maximum absolute atomic E-state index is 10.7. The van der Waals surface area contributed by atoms with E-state index in [9.17, 15) is 5.11 Å². The van der Waals surface area contributed by atoms with Crippen LogP contribution in [0.15, 0.2) is 24.3 Å². The average Bonchev–Trinajstić information content (AvgIpc) is 2.44. The summed E-state index contributed by atoms with van der Waals surface area (Å²) >= 11 is 0. The number of aliphatic hydroxyl groups is 1. The number of halogens is 1. The predicted octanol–water partition coefficient (Wildman–Crippen LogP) is 4.18. The summed E-state index contributed by atoms with van der Waals surface area (Å²) in [6.07, 6.45) is 0.126. The molecule has 2 rings (SSSR count). The van der Waals surface area contributed by atoms with Crippen molar-refractivity contribution in [1.29, 1.82) is 0 Å². The van der Waals surface area contributed by atoms with Crippen molar-refractivity contribution in [1.82, 2.24) is 4.90 Å². The first-order valence-corrected chi connectivity index (χ1v) is 8.83. The smallest absolute Gasteiger partial charge is 0.0827 e. The Morgan fingerprint density at radius 3 is 2.08 bits per heavy atom. The van der Waals surface area contributed by atoms with E-state index in [4.69, 9.17) is 4.74 Å². The van der Waals surface area contributed by atoms with Crippen LogP contribution in [0.4, 0.5) is 0 Å². The van der Waals surface area contributed by atoms with Crippen molar-refractivity contribution in [2.75, 3.05) is 19.6 Å². The van der Waals surface area contributed by atoms with Gasteiger partial charge in [0.2, 0.25) is 0 Å². The van der Waals surface area contributed by atoms with Gasteiger partial charge < -0.3 is 9.84 Å². The van der Waals surface area contributed by atoms with E-state index in [2.05, 4.69) is 70.7 Å². The van der Waals surface area contributed by atoms with Crippen molar-refractivity contribution in [3.63, 3.8) is 0 Å². The molecule has 3 nitrogen and oxygen atoms in total. The molecule has 1 N–H and O–H groups in total. The molecule has 4 atom stereocenters. The zero-order chi connectivity index (χ0) is 17.2. The van der Waals surface area contributed by atoms with Crippen molar-refractivity contribution < 1.29 is 9.84 Å². The SMILES string of the molecule is CC1CN(CC(C)C(O)c2ccc(C(C)(C)C)cc2)CC(C)O1.Cl. The molecule has 0 amide bonds. The Kier molecular flexibility index (Phi) is 7.74. The van der Waals surface area contributed by atoms with Crippen LogP contribution in [0.1, 0.15) is 58.8 Å². The van der Waals surface area contributed by atoms with Gasteiger partial charge in [-0.15, -0.1) is 12.4 Å². The van der Waals surface area contributed by atoms with E-state index in [1.165, 1.54) is 5.56 Å². The van der Waals surface area contributed by atoms with Crippen LogP contribution in [0.5, 0.6) is 0 Å². The second-order valence-corrected chi connectivity index (χ2v) is 8.27. The fraction of sp³-hybridized carbons (Fsp3) is 0.700. The van der Waals surface area contributed by atoms with E-state index < -0.39 is 6.10 Å². The van der Waals surface area contributed by atoms with E-state index in [1.807, 2.05) is 0 Å². The number of morpholine rings is 1. The van der Waals surface area contributed by atoms with Crippen LogP contribution in [0.25, 0.3) is 0 Å². The van der Waals surface area contributed by atoms with Gasteiger partial charge in [0.25, 0.3) is 0 Å². The molecule has 1 aliphatic heterocycles. The highest BCUT2D eigenvalue weighted by molar-refractivity contribution is 5.85. The Bertz CT molecular complexity index is 487. The molecular weight excluding hydrogens is 322 g/mol. The maximum Gasteiger partial charge on any atom is 0.0827 e. The van der Waals surface area contributed by atoms with Gasteiger partial charge in [-0.2, -0.15) is 0 Å². The summed E-state index contributed by atoms with van der Waals surface area (Å²) in [4.78, 5) is 2.41. The number of aliphatic hydroxyl groups excluding tert-OH is 1. The van der Waals surface area contributed by atoms with Crippen LogP contribution in [0.2, 0.25) is 0 Å². The topological polar surface area (TPSA) is 32.7 Å². The molecule has 1 heterocycles. The van der Waals surface area contributed by atoms with E-state index in [0.29, 0.717) is 0 Å². The molecule has 4 heteroatoms. The monoisotopic (exact) mass is 355 g/mol. The summed E-state index contributed by atoms with van der Waals surface area (Å²) in [7, 11) is 0. The van der Waals surface area contributed by atoms with Gasteiger partial charge in [0.05, 0.1) is 18.3 Å². The van der Waals surface area contributed by atoms with Crippen LogP contribution in [-0.4, -0.2) is 41.8 Å². The van der Waals surface area contributed by atoms with Gasteiger partial charge in [0, 0.05) is 19.6 Å². The van der Waals surface area contributed by atoms with E-state index >= 15 is 0 Å². The summed E-state index contributed by atoms with van der Waals surface area (Å²) in [5, 5.41) is 10.7. The normalized spacial score (nSPS) is 25.0. The average molecular weight is 356 g/mol. The van der Waals surface area contributed by atoms with Crippen molar-refractivity contribution in [3.8, 4) is 0 Å². The summed E-state index contributed by atoms with van der Waals surface area (Å²) in [6.45, 7) is 15.8. The molecule has 1 aromatic carbocycles. The van der Waals surface area contributed by atoms with Gasteiger partial charge in [-0.05, 0) is 36.3 Å². The van der Waals surface area contributed by atoms with E-state index in [-0.39, 0.29) is 35.9 Å². The van der Waals surface area contributed by atoms with E-state index in [0.717, 1.165) is 25.2 Å². The molecule has 0 bridgehead atoms. The molecule has 1 fully saturated rings. The highest BCUT2D eigenvalue weighted by atomic mass is 35.5. The third-order valence-electron chi connectivity index (χ3n) is 4.70. The van der Waals surface area contributed by atoms with Gasteiger partial charge in [0.15, 0.2) is 0 Å². The Morgan fingerprint density at radius 1 is 1.12 bits per heavy atom. The largest absolute Gasteiger partial charge is 0.388 e. The number of nitrogens with zero attached hydrogens (tertiary/aromatic N) is 1. The third-order valence-corrected chi connectivity index (χ3v) is 4.70. The maximum atomic E-state index is 10.7. The number of hydrogen-bond donors (Lipinski definition) is 1. The molecule has 1 aromatic rings. The zero-order valence-corrected chi connectivity index (χ0v) is 16.8. The second-order valence-electron chi connectivity index (χ2n) is 8.27. The molecule has 138 valence electrons. The predicted molar refractivity (Wildman–Crippen MR) is 103 cm³/mol. The summed E-state index contributed by atoms with van der Waals surface area (Å²) in [5.41, 5.74) is 2.46. The highest BCUT2D eigenvalue weighted by Gasteiger charge is 2.26. The van der Waals surface area contributed by atoms with Crippen LogP contribution in [0.3, 0.4) is 0 Å². The van der Waals surface area contributed by atoms with Gasteiger partial charge in [-0.1, -0.05) is 52.0 Å². The summed E-state index contributed by atoms with van der Waals surface area (Å²) < 4.78 is 5.78. The van der Waals surface area contributed by atoms with E-state index in [1.54, 1.807) is 0 Å². The van der Waals surface area contributed by atoms with Crippen LogP contribution < -0.4 is 0 Å². The van der Waals surface area contributed by atoms with Gasteiger partial charge in [0.1, 0.15) is 0 Å². The minimum absolute atomic E-state index is 0. The fourth-order valence-corrected chi connectivity index (χ4v) is 3.45. The Labute approximate surface area is 153 Å². The van der Waals surface area contributed by atoms with Gasteiger partial charge in [-0.3, -0.25) is 4.90 Å². The minimum atomic E-state index is -0.419. The third kappa shape index (κ3) is 5.73. The van der Waals surface area contributed by atoms with Crippen molar-refractivity contribution in [3.05, 3.63) is 35.4 Å². The van der Waals surface area contributed by atoms with Gasteiger partial charge in [-0.25, -0.2) is 0 Å². The van der Waals surface area contributed by atoms with Crippen molar-refractivity contribution >= 4 is 12.4 Å². The quantitative estimate of drug-likeness (QED) is 0.879. The number of benzene rings is 1. The standard InChI is InChI=1S/C20H33NO2.ClH/c1-14(11-21-12-15(2)23-16(3)13-21)19(22)17-7-9-18(10-8-17)20(4,5)6;/h7-10,14-16,19,22H,11-13H2,1-6H3;1H. The van der Waals surface area contributed by atoms with Crippen molar-refractivity contribution in [2.45, 2.75) is 65.3 Å². The Hall–Kier alpha value is -0.610. The Morgan fingerprint density at radius 2 is 1.62 bits per heavy atom. The first-order valence-electron chi connectivity index (χ1n) is 8.83. The van der Waals surface area contributed by atoms with Crippen molar-refractivity contribution in [2.24, 2.45) is 5.92 Å². The number of ether oxygens (including phenoxy) is 1. The summed E-state index contributed by atoms with van der Waals surface area (Å²) in [5.74, 6) is 0.202. The molecule has 0 radical (unpaired) electrons. The van der Waals surface area contributed by atoms with Gasteiger partial charge >= 0.3 is 0 Å². The lowest BCUT2D eigenvalue weighted by molar-refractivity contribution is -0.0754. The highest BCUT2D eigenvalue weighted by Crippen LogP contribution is 2.27. The number of hydrogen-bond acceptors (Lipinski definition) is 3. The molecule has 0 aliphatic carbocycles. The molecule has 4 unspecified atom stereocenters.